The van der Waals surface area contributed by atoms with E-state index < -0.39 is 0 Å². The van der Waals surface area contributed by atoms with E-state index in [0.717, 1.165) is 48.5 Å². The Morgan fingerprint density at radius 3 is 2.95 bits per heavy atom. The quantitative estimate of drug-likeness (QED) is 0.901. The van der Waals surface area contributed by atoms with Crippen molar-refractivity contribution in [2.45, 2.75) is 39.8 Å². The van der Waals surface area contributed by atoms with Crippen molar-refractivity contribution < 1.29 is 0 Å². The smallest absolute Gasteiger partial charge is 0.0860 e. The zero-order valence-electron chi connectivity index (χ0n) is 12.2. The highest BCUT2D eigenvalue weighted by Crippen LogP contribution is 2.22. The molecular weight excluding hydrogens is 260 g/mol. The number of nitrogens with one attached hydrogen (secondary N) is 1. The Hall–Kier alpha value is -0.580. The molecule has 5 heteroatoms. The van der Waals surface area contributed by atoms with E-state index in [1.54, 1.807) is 0 Å². The first-order valence-electron chi connectivity index (χ1n) is 7.22. The van der Waals surface area contributed by atoms with Gasteiger partial charge in [0.1, 0.15) is 0 Å². The molecule has 2 heterocycles. The molecule has 1 aromatic rings. The van der Waals surface area contributed by atoms with Crippen molar-refractivity contribution in [3.05, 3.63) is 16.4 Å². The molecule has 1 unspecified atom stereocenters. The van der Waals surface area contributed by atoms with Gasteiger partial charge < -0.3 is 10.2 Å². The summed E-state index contributed by atoms with van der Waals surface area (Å²) in [6, 6.07) is 0. The summed E-state index contributed by atoms with van der Waals surface area (Å²) in [7, 11) is 2.17. The summed E-state index contributed by atoms with van der Waals surface area (Å²) in [5, 5.41) is 8.78. The van der Waals surface area contributed by atoms with Crippen LogP contribution < -0.4 is 5.32 Å². The van der Waals surface area contributed by atoms with Crippen molar-refractivity contribution in [1.29, 1.82) is 0 Å². The van der Waals surface area contributed by atoms with Gasteiger partial charge in [-0.25, -0.2) is 0 Å². The third-order valence-corrected chi connectivity index (χ3v) is 4.33. The maximum absolute atomic E-state index is 6.36. The second-order valence-corrected chi connectivity index (χ2v) is 5.95. The zero-order chi connectivity index (χ0) is 13.8. The van der Waals surface area contributed by atoms with Gasteiger partial charge in [-0.1, -0.05) is 11.6 Å². The van der Waals surface area contributed by atoms with Crippen LogP contribution in [0.5, 0.6) is 0 Å². The number of rotatable bonds is 5. The van der Waals surface area contributed by atoms with Gasteiger partial charge in [0.05, 0.1) is 16.4 Å². The molecule has 0 aliphatic carbocycles. The van der Waals surface area contributed by atoms with Crippen molar-refractivity contribution >= 4 is 11.6 Å². The Balaban J connectivity index is 1.96. The Labute approximate surface area is 121 Å². The molecule has 108 valence electrons. The Morgan fingerprint density at radius 2 is 2.32 bits per heavy atom. The lowest BCUT2D eigenvalue weighted by atomic mass is 9.99. The third-order valence-electron chi connectivity index (χ3n) is 3.84. The number of aryl methyl sites for hydroxylation is 2. The SMILES string of the molecule is CCn1nc(C)c(Cl)c1CN(C)CC1CCCNC1. The average Bonchev–Trinajstić information content (AvgIpc) is 2.67. The number of aromatic nitrogens is 2. The maximum Gasteiger partial charge on any atom is 0.0860 e. The first-order valence-corrected chi connectivity index (χ1v) is 7.60. The van der Waals surface area contributed by atoms with Crippen LogP contribution in [0.15, 0.2) is 0 Å². The highest BCUT2D eigenvalue weighted by atomic mass is 35.5. The molecule has 1 aromatic heterocycles. The average molecular weight is 285 g/mol. The van der Waals surface area contributed by atoms with Crippen molar-refractivity contribution in [3.63, 3.8) is 0 Å². The van der Waals surface area contributed by atoms with E-state index in [0.29, 0.717) is 0 Å². The third kappa shape index (κ3) is 3.71. The Morgan fingerprint density at radius 1 is 1.53 bits per heavy atom. The predicted molar refractivity (Wildman–Crippen MR) is 79.6 cm³/mol. The number of piperidine rings is 1. The Bertz CT molecular complexity index is 410. The molecule has 1 fully saturated rings. The van der Waals surface area contributed by atoms with Gasteiger partial charge in [-0.3, -0.25) is 4.68 Å². The number of halogens is 1. The van der Waals surface area contributed by atoms with E-state index in [2.05, 4.69) is 29.3 Å². The van der Waals surface area contributed by atoms with Gasteiger partial charge in [0, 0.05) is 19.6 Å². The second-order valence-electron chi connectivity index (χ2n) is 5.57. The van der Waals surface area contributed by atoms with Crippen LogP contribution in [-0.2, 0) is 13.1 Å². The fourth-order valence-corrected chi connectivity index (χ4v) is 3.06. The number of hydrogen-bond donors (Lipinski definition) is 1. The lowest BCUT2D eigenvalue weighted by Crippen LogP contribution is -2.36. The van der Waals surface area contributed by atoms with Gasteiger partial charge in [0.15, 0.2) is 0 Å². The zero-order valence-corrected chi connectivity index (χ0v) is 13.0. The van der Waals surface area contributed by atoms with Gasteiger partial charge in [-0.15, -0.1) is 0 Å². The molecule has 1 saturated heterocycles. The summed E-state index contributed by atoms with van der Waals surface area (Å²) in [4.78, 5) is 2.37. The van der Waals surface area contributed by atoms with E-state index in [1.807, 2.05) is 11.6 Å². The van der Waals surface area contributed by atoms with Crippen LogP contribution in [0.2, 0.25) is 5.02 Å². The molecule has 1 N–H and O–H groups in total. The van der Waals surface area contributed by atoms with Crippen LogP contribution >= 0.6 is 11.6 Å². The summed E-state index contributed by atoms with van der Waals surface area (Å²) >= 11 is 6.36. The van der Waals surface area contributed by atoms with Gasteiger partial charge in [0.25, 0.3) is 0 Å². The number of nitrogens with zero attached hydrogens (tertiary/aromatic N) is 3. The minimum atomic E-state index is 0.761. The van der Waals surface area contributed by atoms with Crippen LogP contribution in [0.3, 0.4) is 0 Å². The molecule has 1 atom stereocenters. The van der Waals surface area contributed by atoms with E-state index in [9.17, 15) is 0 Å². The van der Waals surface area contributed by atoms with E-state index in [4.69, 9.17) is 11.6 Å². The van der Waals surface area contributed by atoms with Gasteiger partial charge >= 0.3 is 0 Å². The minimum absolute atomic E-state index is 0.761. The van der Waals surface area contributed by atoms with Crippen molar-refractivity contribution in [1.82, 2.24) is 20.0 Å². The maximum atomic E-state index is 6.36. The summed E-state index contributed by atoms with van der Waals surface area (Å²) in [6.07, 6.45) is 2.63. The summed E-state index contributed by atoms with van der Waals surface area (Å²) < 4.78 is 2.02. The predicted octanol–water partition coefficient (Wildman–Crippen LogP) is 2.30. The molecule has 0 spiro atoms. The largest absolute Gasteiger partial charge is 0.316 e. The fraction of sp³-hybridized carbons (Fsp3) is 0.786. The summed E-state index contributed by atoms with van der Waals surface area (Å²) in [5.74, 6) is 0.761. The standard InChI is InChI=1S/C14H25ClN4/c1-4-19-13(14(15)11(2)17-19)10-18(3)9-12-6-5-7-16-8-12/h12,16H,4-10H2,1-3H3. The normalized spacial score (nSPS) is 20.2. The van der Waals surface area contributed by atoms with E-state index in [1.165, 1.54) is 19.4 Å². The van der Waals surface area contributed by atoms with E-state index in [-0.39, 0.29) is 0 Å². The van der Waals surface area contributed by atoms with Gasteiger partial charge in [-0.2, -0.15) is 5.10 Å². The Kier molecular flexibility index (Phi) is 5.25. The molecule has 0 radical (unpaired) electrons. The van der Waals surface area contributed by atoms with Crippen LogP contribution in [0.25, 0.3) is 0 Å². The first-order chi connectivity index (χ1) is 9.11. The first kappa shape index (κ1) is 14.8. The van der Waals surface area contributed by atoms with Crippen LogP contribution in [0.4, 0.5) is 0 Å². The summed E-state index contributed by atoms with van der Waals surface area (Å²) in [5.41, 5.74) is 2.08. The second kappa shape index (κ2) is 6.73. The molecular formula is C14H25ClN4. The topological polar surface area (TPSA) is 33.1 Å². The highest BCUT2D eigenvalue weighted by molar-refractivity contribution is 6.31. The monoisotopic (exact) mass is 284 g/mol. The summed E-state index contributed by atoms with van der Waals surface area (Å²) in [6.45, 7) is 9.28. The molecule has 0 amide bonds. The van der Waals surface area contributed by atoms with E-state index >= 15 is 0 Å². The molecule has 2 rings (SSSR count). The van der Waals surface area contributed by atoms with Crippen LogP contribution in [0, 0.1) is 12.8 Å². The molecule has 1 aliphatic rings. The molecule has 19 heavy (non-hydrogen) atoms. The van der Waals surface area contributed by atoms with Crippen molar-refractivity contribution in [2.75, 3.05) is 26.7 Å². The molecule has 0 aromatic carbocycles. The van der Waals surface area contributed by atoms with Gasteiger partial charge in [-0.05, 0) is 52.7 Å². The number of hydrogen-bond acceptors (Lipinski definition) is 3. The fourth-order valence-electron chi connectivity index (χ4n) is 2.86. The molecule has 1 aliphatic heterocycles. The van der Waals surface area contributed by atoms with Crippen molar-refractivity contribution in [3.8, 4) is 0 Å². The lowest BCUT2D eigenvalue weighted by Gasteiger charge is -2.27. The lowest BCUT2D eigenvalue weighted by molar-refractivity contribution is 0.232. The van der Waals surface area contributed by atoms with Crippen LogP contribution in [-0.4, -0.2) is 41.4 Å². The molecule has 0 saturated carbocycles. The van der Waals surface area contributed by atoms with Gasteiger partial charge in [0.2, 0.25) is 0 Å². The van der Waals surface area contributed by atoms with Crippen LogP contribution in [0.1, 0.15) is 31.2 Å². The highest BCUT2D eigenvalue weighted by Gasteiger charge is 2.18. The molecule has 4 nitrogen and oxygen atoms in total. The molecule has 0 bridgehead atoms. The van der Waals surface area contributed by atoms with Crippen molar-refractivity contribution in [2.24, 2.45) is 5.92 Å². The minimum Gasteiger partial charge on any atom is -0.316 e.